The minimum absolute atomic E-state index is 0.142. The molecule has 1 heterocycles. The Bertz CT molecular complexity index is 306. The maximum Gasteiger partial charge on any atom is 0.202 e. The Balaban J connectivity index is 2.36. The molecule has 82 valence electrons. The molecule has 15 heavy (non-hydrogen) atoms. The zero-order valence-electron chi connectivity index (χ0n) is 8.82. The van der Waals surface area contributed by atoms with Gasteiger partial charge in [0.25, 0.3) is 0 Å². The highest BCUT2D eigenvalue weighted by Crippen LogP contribution is 2.19. The lowest BCUT2D eigenvalue weighted by Gasteiger charge is -2.33. The number of carbonyl (C=O) groups excluding carboxylic acids is 2. The van der Waals surface area contributed by atoms with E-state index in [0.29, 0.717) is 38.8 Å². The summed E-state index contributed by atoms with van der Waals surface area (Å²) in [5.74, 6) is 5.08. The Kier molecular flexibility index (Phi) is 4.01. The predicted octanol–water partition coefficient (Wildman–Crippen LogP) is -0.395. The fraction of sp³-hybridized carbons (Fsp3) is 0.636. The first-order valence-electron chi connectivity index (χ1n) is 4.96. The van der Waals surface area contributed by atoms with Crippen molar-refractivity contribution in [2.24, 2.45) is 0 Å². The fourth-order valence-electron chi connectivity index (χ4n) is 1.49. The molecule has 0 spiro atoms. The van der Waals surface area contributed by atoms with Crippen LogP contribution in [0.5, 0.6) is 0 Å². The third-order valence-electron chi connectivity index (χ3n) is 2.51. The van der Waals surface area contributed by atoms with Crippen molar-refractivity contribution < 1.29 is 14.7 Å². The number of nitrogens with zero attached hydrogens (tertiary/aromatic N) is 1. The molecule has 0 bridgehead atoms. The van der Waals surface area contributed by atoms with Gasteiger partial charge in [0.1, 0.15) is 5.60 Å². The molecule has 0 unspecified atom stereocenters. The van der Waals surface area contributed by atoms with Crippen molar-refractivity contribution in [3.63, 3.8) is 0 Å². The Morgan fingerprint density at radius 1 is 1.53 bits per heavy atom. The molecule has 1 fully saturated rings. The monoisotopic (exact) mass is 209 g/mol. The highest BCUT2D eigenvalue weighted by molar-refractivity contribution is 5.93. The van der Waals surface area contributed by atoms with E-state index in [0.717, 1.165) is 0 Å². The highest BCUT2D eigenvalue weighted by Gasteiger charge is 2.31. The number of aliphatic hydroxyl groups is 1. The third-order valence-corrected chi connectivity index (χ3v) is 2.51. The van der Waals surface area contributed by atoms with Crippen LogP contribution in [0.15, 0.2) is 0 Å². The molecule has 0 aromatic rings. The standard InChI is InChI=1S/C11H15NO3/c1-10(14)3-2-6-12-7-4-11(15,9-13)5-8-12/h9,15H,4-8H2,1H3. The van der Waals surface area contributed by atoms with Gasteiger partial charge in [-0.2, -0.15) is 0 Å². The molecule has 1 aliphatic heterocycles. The number of likely N-dealkylation sites (tertiary alicyclic amines) is 1. The van der Waals surface area contributed by atoms with E-state index in [4.69, 9.17) is 0 Å². The normalized spacial score (nSPS) is 20.1. The summed E-state index contributed by atoms with van der Waals surface area (Å²) in [4.78, 5) is 23.1. The summed E-state index contributed by atoms with van der Waals surface area (Å²) in [5, 5.41) is 9.63. The minimum Gasteiger partial charge on any atom is -0.382 e. The van der Waals surface area contributed by atoms with Crippen LogP contribution in [-0.2, 0) is 9.59 Å². The Morgan fingerprint density at radius 3 is 2.60 bits per heavy atom. The van der Waals surface area contributed by atoms with E-state index in [1.807, 2.05) is 4.90 Å². The van der Waals surface area contributed by atoms with Crippen LogP contribution in [0.1, 0.15) is 19.8 Å². The van der Waals surface area contributed by atoms with E-state index < -0.39 is 5.60 Å². The molecule has 0 radical (unpaired) electrons. The van der Waals surface area contributed by atoms with Crippen LogP contribution in [0.4, 0.5) is 0 Å². The lowest BCUT2D eigenvalue weighted by molar-refractivity contribution is -0.128. The van der Waals surface area contributed by atoms with Gasteiger partial charge in [-0.25, -0.2) is 0 Å². The summed E-state index contributed by atoms with van der Waals surface area (Å²) in [5.41, 5.74) is -1.15. The first-order valence-corrected chi connectivity index (χ1v) is 4.96. The molecule has 0 atom stereocenters. The molecular formula is C11H15NO3. The summed E-state index contributed by atoms with van der Waals surface area (Å²) >= 11 is 0. The van der Waals surface area contributed by atoms with Gasteiger partial charge in [0.15, 0.2) is 6.29 Å². The van der Waals surface area contributed by atoms with Gasteiger partial charge >= 0.3 is 0 Å². The number of hydrogen-bond donors (Lipinski definition) is 1. The smallest absolute Gasteiger partial charge is 0.202 e. The van der Waals surface area contributed by atoms with Crippen molar-refractivity contribution >= 4 is 12.1 Å². The molecule has 4 heteroatoms. The SMILES string of the molecule is CC(=O)C#CCN1CCC(O)(C=O)CC1. The molecule has 0 amide bonds. The Labute approximate surface area is 89.3 Å². The molecule has 0 aromatic heterocycles. The van der Waals surface area contributed by atoms with Gasteiger partial charge in [0, 0.05) is 20.0 Å². The summed E-state index contributed by atoms with van der Waals surface area (Å²) in [6.45, 7) is 3.23. The topological polar surface area (TPSA) is 57.6 Å². The number of Topliss-reactive ketones (excluding diaryl/α,β-unsaturated/α-hetero) is 1. The Morgan fingerprint density at radius 2 is 2.13 bits per heavy atom. The second kappa shape index (κ2) is 5.06. The van der Waals surface area contributed by atoms with E-state index in [1.54, 1.807) is 0 Å². The average molecular weight is 209 g/mol. The van der Waals surface area contributed by atoms with Crippen molar-refractivity contribution in [2.45, 2.75) is 25.4 Å². The van der Waals surface area contributed by atoms with Crippen LogP contribution in [0.25, 0.3) is 0 Å². The quantitative estimate of drug-likeness (QED) is 0.382. The van der Waals surface area contributed by atoms with Crippen molar-refractivity contribution in [2.75, 3.05) is 19.6 Å². The largest absolute Gasteiger partial charge is 0.382 e. The molecule has 4 nitrogen and oxygen atoms in total. The van der Waals surface area contributed by atoms with Gasteiger partial charge in [0.2, 0.25) is 5.78 Å². The van der Waals surface area contributed by atoms with E-state index >= 15 is 0 Å². The van der Waals surface area contributed by atoms with Gasteiger partial charge in [-0.05, 0) is 18.8 Å². The van der Waals surface area contributed by atoms with Crippen LogP contribution in [0.2, 0.25) is 0 Å². The summed E-state index contributed by atoms with van der Waals surface area (Å²) < 4.78 is 0. The second-order valence-corrected chi connectivity index (χ2v) is 3.86. The zero-order chi connectivity index (χ0) is 11.3. The first kappa shape index (κ1) is 11.9. The van der Waals surface area contributed by atoms with Gasteiger partial charge in [-0.15, -0.1) is 0 Å². The number of hydrogen-bond acceptors (Lipinski definition) is 4. The van der Waals surface area contributed by atoms with Crippen molar-refractivity contribution in [3.05, 3.63) is 0 Å². The molecular weight excluding hydrogens is 194 g/mol. The van der Waals surface area contributed by atoms with Crippen LogP contribution in [0, 0.1) is 11.8 Å². The molecule has 1 saturated heterocycles. The predicted molar refractivity (Wildman–Crippen MR) is 55.1 cm³/mol. The van der Waals surface area contributed by atoms with Gasteiger partial charge < -0.3 is 9.90 Å². The number of ketones is 1. The van der Waals surface area contributed by atoms with Crippen LogP contribution in [-0.4, -0.2) is 47.3 Å². The average Bonchev–Trinajstić information content (AvgIpc) is 2.21. The summed E-state index contributed by atoms with van der Waals surface area (Å²) in [6.07, 6.45) is 1.50. The minimum atomic E-state index is -1.15. The molecule has 1 N–H and O–H groups in total. The maximum atomic E-state index is 10.6. The van der Waals surface area contributed by atoms with Crippen molar-refractivity contribution in [1.29, 1.82) is 0 Å². The Hall–Kier alpha value is -1.18. The van der Waals surface area contributed by atoms with E-state index in [1.165, 1.54) is 6.92 Å². The van der Waals surface area contributed by atoms with Gasteiger partial charge in [0.05, 0.1) is 6.54 Å². The second-order valence-electron chi connectivity index (χ2n) is 3.86. The first-order chi connectivity index (χ1) is 7.06. The lowest BCUT2D eigenvalue weighted by atomic mass is 9.93. The van der Waals surface area contributed by atoms with Crippen LogP contribution >= 0.6 is 0 Å². The maximum absolute atomic E-state index is 10.6. The lowest BCUT2D eigenvalue weighted by Crippen LogP contribution is -2.45. The van der Waals surface area contributed by atoms with Gasteiger partial charge in [-0.3, -0.25) is 9.69 Å². The van der Waals surface area contributed by atoms with Gasteiger partial charge in [-0.1, -0.05) is 5.92 Å². The number of carbonyl (C=O) groups is 2. The molecule has 1 rings (SSSR count). The van der Waals surface area contributed by atoms with Crippen LogP contribution < -0.4 is 0 Å². The summed E-state index contributed by atoms with van der Waals surface area (Å²) in [7, 11) is 0. The third kappa shape index (κ3) is 3.82. The number of piperidine rings is 1. The molecule has 0 aliphatic carbocycles. The van der Waals surface area contributed by atoms with E-state index in [2.05, 4.69) is 11.8 Å². The van der Waals surface area contributed by atoms with E-state index in [-0.39, 0.29) is 5.78 Å². The highest BCUT2D eigenvalue weighted by atomic mass is 16.3. The zero-order valence-corrected chi connectivity index (χ0v) is 8.82. The van der Waals surface area contributed by atoms with E-state index in [9.17, 15) is 14.7 Å². The van der Waals surface area contributed by atoms with Crippen molar-refractivity contribution in [1.82, 2.24) is 4.90 Å². The van der Waals surface area contributed by atoms with Crippen LogP contribution in [0.3, 0.4) is 0 Å². The molecule has 0 saturated carbocycles. The van der Waals surface area contributed by atoms with Crippen molar-refractivity contribution in [3.8, 4) is 11.8 Å². The molecule has 1 aliphatic rings. The number of aldehydes is 1. The fourth-order valence-corrected chi connectivity index (χ4v) is 1.49. The molecule has 0 aromatic carbocycles. The number of rotatable bonds is 2. The summed E-state index contributed by atoms with van der Waals surface area (Å²) in [6, 6.07) is 0.